The molecule has 178 valence electrons. The van der Waals surface area contributed by atoms with Gasteiger partial charge in [-0.15, -0.1) is 0 Å². The van der Waals surface area contributed by atoms with Gasteiger partial charge in [0.1, 0.15) is 12.1 Å². The Bertz CT molecular complexity index is 1300. The van der Waals surface area contributed by atoms with Crippen molar-refractivity contribution in [2.75, 3.05) is 13.3 Å². The first kappa shape index (κ1) is 22.7. The fourth-order valence-electron chi connectivity index (χ4n) is 4.25. The number of nitrogens with one attached hydrogen (secondary N) is 2. The topological polar surface area (TPSA) is 97.0 Å². The summed E-state index contributed by atoms with van der Waals surface area (Å²) in [4.78, 5) is 40.1. The molecule has 2 unspecified atom stereocenters. The van der Waals surface area contributed by atoms with Gasteiger partial charge in [-0.05, 0) is 47.9 Å². The first-order valence-electron chi connectivity index (χ1n) is 11.0. The highest BCUT2D eigenvalue weighted by molar-refractivity contribution is 6.30. The van der Waals surface area contributed by atoms with Gasteiger partial charge in [0.05, 0.1) is 6.04 Å². The van der Waals surface area contributed by atoms with Crippen LogP contribution in [0.15, 0.2) is 72.8 Å². The van der Waals surface area contributed by atoms with E-state index in [1.807, 2.05) is 42.5 Å². The molecule has 3 aromatic rings. The van der Waals surface area contributed by atoms with E-state index in [2.05, 4.69) is 10.6 Å². The van der Waals surface area contributed by atoms with Gasteiger partial charge in [-0.1, -0.05) is 60.1 Å². The van der Waals surface area contributed by atoms with E-state index in [0.717, 1.165) is 16.0 Å². The second-order valence-corrected chi connectivity index (χ2v) is 8.91. The number of carbonyl (C=O) groups excluding carboxylic acids is 3. The lowest BCUT2D eigenvalue weighted by Crippen LogP contribution is -2.44. The van der Waals surface area contributed by atoms with Gasteiger partial charge in [0.15, 0.2) is 11.5 Å². The number of rotatable bonds is 6. The van der Waals surface area contributed by atoms with Gasteiger partial charge in [-0.25, -0.2) is 4.79 Å². The molecule has 5 rings (SSSR count). The maximum Gasteiger partial charge on any atom is 0.325 e. The summed E-state index contributed by atoms with van der Waals surface area (Å²) in [6.45, 7) is 1.27. The number of hydrogen-bond donors (Lipinski definition) is 2. The van der Waals surface area contributed by atoms with Crippen molar-refractivity contribution in [3.8, 4) is 11.5 Å². The molecular formula is C26H22ClN3O5. The summed E-state index contributed by atoms with van der Waals surface area (Å²) >= 11 is 6.03. The summed E-state index contributed by atoms with van der Waals surface area (Å²) in [7, 11) is 0. The van der Waals surface area contributed by atoms with Crippen LogP contribution in [0.25, 0.3) is 0 Å². The van der Waals surface area contributed by atoms with Gasteiger partial charge >= 0.3 is 6.03 Å². The average Bonchev–Trinajstić information content (AvgIpc) is 3.42. The Morgan fingerprint density at radius 2 is 1.71 bits per heavy atom. The summed E-state index contributed by atoms with van der Waals surface area (Å²) in [6, 6.07) is 20.5. The van der Waals surface area contributed by atoms with Gasteiger partial charge in [0.25, 0.3) is 5.91 Å². The molecule has 0 spiro atoms. The predicted octanol–water partition coefficient (Wildman–Crippen LogP) is 3.74. The maximum absolute atomic E-state index is 13.3. The number of halogens is 1. The van der Waals surface area contributed by atoms with Crippen LogP contribution in [0.5, 0.6) is 11.5 Å². The Hall–Kier alpha value is -4.04. The summed E-state index contributed by atoms with van der Waals surface area (Å²) in [6.07, 6.45) is 0. The lowest BCUT2D eigenvalue weighted by Gasteiger charge is -2.23. The van der Waals surface area contributed by atoms with Gasteiger partial charge in [0, 0.05) is 5.02 Å². The third-order valence-electron chi connectivity index (χ3n) is 6.17. The molecule has 1 fully saturated rings. The summed E-state index contributed by atoms with van der Waals surface area (Å²) in [5.41, 5.74) is 0.862. The largest absolute Gasteiger partial charge is 0.454 e. The zero-order chi connectivity index (χ0) is 24.6. The minimum absolute atomic E-state index is 0.0955. The highest BCUT2D eigenvalue weighted by Gasteiger charge is 2.50. The van der Waals surface area contributed by atoms with Crippen LogP contribution < -0.4 is 20.1 Å². The number of amides is 4. The van der Waals surface area contributed by atoms with Crippen molar-refractivity contribution in [2.24, 2.45) is 0 Å². The molecule has 2 N–H and O–H groups in total. The minimum atomic E-state index is -1.34. The third-order valence-corrected chi connectivity index (χ3v) is 6.42. The van der Waals surface area contributed by atoms with Crippen molar-refractivity contribution in [3.05, 3.63) is 94.5 Å². The molecule has 3 aromatic carbocycles. The van der Waals surface area contributed by atoms with E-state index in [1.165, 1.54) is 0 Å². The van der Waals surface area contributed by atoms with Gasteiger partial charge in [0.2, 0.25) is 12.7 Å². The van der Waals surface area contributed by atoms with E-state index >= 15 is 0 Å². The van der Waals surface area contributed by atoms with Crippen LogP contribution in [0.4, 0.5) is 4.79 Å². The average molecular weight is 492 g/mol. The van der Waals surface area contributed by atoms with E-state index in [0.29, 0.717) is 22.1 Å². The van der Waals surface area contributed by atoms with Gasteiger partial charge < -0.3 is 20.1 Å². The van der Waals surface area contributed by atoms with Crippen molar-refractivity contribution < 1.29 is 23.9 Å². The van der Waals surface area contributed by atoms with Crippen molar-refractivity contribution in [3.63, 3.8) is 0 Å². The van der Waals surface area contributed by atoms with E-state index in [4.69, 9.17) is 21.1 Å². The van der Waals surface area contributed by atoms with Crippen LogP contribution in [0.2, 0.25) is 5.02 Å². The quantitative estimate of drug-likeness (QED) is 0.512. The second kappa shape index (κ2) is 8.96. The third kappa shape index (κ3) is 4.28. The monoisotopic (exact) mass is 491 g/mol. The van der Waals surface area contributed by atoms with Crippen molar-refractivity contribution in [1.29, 1.82) is 0 Å². The number of carbonyl (C=O) groups is 3. The first-order valence-corrected chi connectivity index (χ1v) is 11.4. The van der Waals surface area contributed by atoms with Crippen LogP contribution >= 0.6 is 11.6 Å². The predicted molar refractivity (Wildman–Crippen MR) is 128 cm³/mol. The minimum Gasteiger partial charge on any atom is -0.454 e. The van der Waals surface area contributed by atoms with Crippen LogP contribution in [0.1, 0.15) is 29.7 Å². The Morgan fingerprint density at radius 3 is 2.46 bits per heavy atom. The second-order valence-electron chi connectivity index (χ2n) is 8.48. The first-order chi connectivity index (χ1) is 16.8. The fourth-order valence-corrected chi connectivity index (χ4v) is 4.38. The molecular weight excluding hydrogens is 470 g/mol. The van der Waals surface area contributed by atoms with Crippen LogP contribution in [-0.4, -0.2) is 36.1 Å². The number of imide groups is 1. The molecule has 2 aliphatic rings. The highest BCUT2D eigenvalue weighted by atomic mass is 35.5. The van der Waals surface area contributed by atoms with E-state index in [1.54, 1.807) is 37.3 Å². The smallest absolute Gasteiger partial charge is 0.325 e. The molecule has 35 heavy (non-hydrogen) atoms. The zero-order valence-corrected chi connectivity index (χ0v) is 19.5. The molecule has 9 heteroatoms. The van der Waals surface area contributed by atoms with Gasteiger partial charge in [-0.2, -0.15) is 0 Å². The molecule has 1 saturated heterocycles. The Morgan fingerprint density at radius 1 is 1.03 bits per heavy atom. The van der Waals surface area contributed by atoms with Crippen LogP contribution in [0, 0.1) is 0 Å². The lowest BCUT2D eigenvalue weighted by molar-refractivity contribution is -0.135. The van der Waals surface area contributed by atoms with Crippen LogP contribution in [0.3, 0.4) is 0 Å². The highest BCUT2D eigenvalue weighted by Crippen LogP contribution is 2.37. The number of fused-ring (bicyclic) bond motifs is 1. The van der Waals surface area contributed by atoms with E-state index in [9.17, 15) is 14.4 Å². The number of hydrogen-bond acceptors (Lipinski definition) is 5. The molecule has 0 radical (unpaired) electrons. The Kier molecular flexibility index (Phi) is 5.82. The SMILES string of the molecule is CC1(c2ccc3c(c2)OCO3)NC(=O)N(CC(=O)NC(c2ccccc2)c2ccc(Cl)cc2)C1=O. The Balaban J connectivity index is 1.35. The summed E-state index contributed by atoms with van der Waals surface area (Å²) in [5, 5.41) is 6.24. The standard InChI is InChI=1S/C26H22ClN3O5/c1-26(18-9-12-20-21(13-18)35-15-34-20)24(32)30(25(33)29-26)14-22(31)28-23(16-5-3-2-4-6-16)17-7-10-19(27)11-8-17/h2-13,23H,14-15H2,1H3,(H,28,31)(H,29,33). The molecule has 8 nitrogen and oxygen atoms in total. The molecule has 2 atom stereocenters. The van der Waals surface area contributed by atoms with Crippen molar-refractivity contribution >= 4 is 29.4 Å². The van der Waals surface area contributed by atoms with E-state index < -0.39 is 36.0 Å². The summed E-state index contributed by atoms with van der Waals surface area (Å²) in [5.74, 6) is 0.0571. The molecule has 2 heterocycles. The van der Waals surface area contributed by atoms with Crippen molar-refractivity contribution in [2.45, 2.75) is 18.5 Å². The fraction of sp³-hybridized carbons (Fsp3) is 0.192. The molecule has 0 saturated carbocycles. The van der Waals surface area contributed by atoms with E-state index in [-0.39, 0.29) is 6.79 Å². The molecule has 0 aromatic heterocycles. The van der Waals surface area contributed by atoms with Crippen LogP contribution in [-0.2, 0) is 15.1 Å². The Labute approximate surface area is 206 Å². The molecule has 0 bridgehead atoms. The van der Waals surface area contributed by atoms with Gasteiger partial charge in [-0.3, -0.25) is 14.5 Å². The molecule has 0 aliphatic carbocycles. The number of urea groups is 1. The maximum atomic E-state index is 13.3. The number of nitrogens with zero attached hydrogens (tertiary/aromatic N) is 1. The summed E-state index contributed by atoms with van der Waals surface area (Å²) < 4.78 is 10.7. The zero-order valence-electron chi connectivity index (χ0n) is 18.8. The lowest BCUT2D eigenvalue weighted by atomic mass is 9.91. The number of ether oxygens (including phenoxy) is 2. The normalized spacial score (nSPS) is 19.4. The number of benzene rings is 3. The molecule has 2 aliphatic heterocycles. The molecule has 4 amide bonds. The van der Waals surface area contributed by atoms with Crippen molar-refractivity contribution in [1.82, 2.24) is 15.5 Å².